The molecule has 22 heavy (non-hydrogen) atoms. The van der Waals surface area contributed by atoms with Crippen molar-refractivity contribution < 1.29 is 14.4 Å². The minimum atomic E-state index is -1.17. The van der Waals surface area contributed by atoms with Crippen LogP contribution in [0.4, 0.5) is 4.79 Å². The van der Waals surface area contributed by atoms with E-state index < -0.39 is 29.4 Å². The van der Waals surface area contributed by atoms with Crippen LogP contribution >= 0.6 is 0 Å². The smallest absolute Gasteiger partial charge is 0.312 e. The quantitative estimate of drug-likeness (QED) is 0.610. The summed E-state index contributed by atoms with van der Waals surface area (Å²) in [5.41, 5.74) is 10.9. The Hall–Kier alpha value is -2.57. The van der Waals surface area contributed by atoms with Crippen molar-refractivity contribution in [2.75, 3.05) is 0 Å². The Morgan fingerprint density at radius 1 is 1.18 bits per heavy atom. The fourth-order valence-corrected chi connectivity index (χ4v) is 2.03. The molecule has 4 amide bonds. The Balaban J connectivity index is 2.91. The Morgan fingerprint density at radius 2 is 1.77 bits per heavy atom. The number of carbonyl (C=O) groups excluding carboxylic acids is 3. The topological polar surface area (TPSA) is 127 Å². The van der Waals surface area contributed by atoms with Crippen molar-refractivity contribution in [3.8, 4) is 0 Å². The largest absolute Gasteiger partial charge is 0.368 e. The van der Waals surface area contributed by atoms with Crippen molar-refractivity contribution in [2.24, 2.45) is 11.5 Å². The minimum Gasteiger partial charge on any atom is -0.368 e. The molecule has 0 aliphatic carbocycles. The summed E-state index contributed by atoms with van der Waals surface area (Å²) in [4.78, 5) is 34.6. The van der Waals surface area contributed by atoms with E-state index in [4.69, 9.17) is 11.5 Å². The molecule has 0 fully saturated rings. The van der Waals surface area contributed by atoms with Crippen LogP contribution in [0, 0.1) is 6.92 Å². The van der Waals surface area contributed by atoms with Gasteiger partial charge in [0.05, 0.1) is 12.5 Å². The predicted octanol–water partition coefficient (Wildman–Crippen LogP) is 0.475. The van der Waals surface area contributed by atoms with E-state index in [-0.39, 0.29) is 6.42 Å². The zero-order valence-electron chi connectivity index (χ0n) is 13.0. The van der Waals surface area contributed by atoms with Gasteiger partial charge in [0.2, 0.25) is 11.8 Å². The summed E-state index contributed by atoms with van der Waals surface area (Å²) >= 11 is 0. The average Bonchev–Trinajstić information content (AvgIpc) is 2.37. The number of urea groups is 1. The highest BCUT2D eigenvalue weighted by molar-refractivity contribution is 5.90. The molecule has 0 heterocycles. The molecule has 1 aromatic carbocycles. The van der Waals surface area contributed by atoms with Crippen molar-refractivity contribution in [3.05, 3.63) is 35.4 Å². The van der Waals surface area contributed by atoms with Crippen LogP contribution in [0.25, 0.3) is 0 Å². The standard InChI is InChI=1S/C15H22N4O3/c1-9-6-4-5-7-10(9)11(18-14(17)22)8-12(20)19-15(2,3)13(16)21/h4-7,11H,8H2,1-3H3,(H2,16,21)(H,19,20)(H3,17,18,22). The van der Waals surface area contributed by atoms with Crippen LogP contribution in [0.1, 0.15) is 37.4 Å². The zero-order chi connectivity index (χ0) is 16.9. The molecule has 7 heteroatoms. The maximum atomic E-state index is 12.1. The lowest BCUT2D eigenvalue weighted by Crippen LogP contribution is -2.53. The number of nitrogens with two attached hydrogens (primary N) is 2. The average molecular weight is 306 g/mol. The van der Waals surface area contributed by atoms with E-state index in [9.17, 15) is 14.4 Å². The van der Waals surface area contributed by atoms with Gasteiger partial charge in [-0.2, -0.15) is 0 Å². The first-order valence-electron chi connectivity index (χ1n) is 6.86. The van der Waals surface area contributed by atoms with Gasteiger partial charge >= 0.3 is 6.03 Å². The van der Waals surface area contributed by atoms with Crippen molar-refractivity contribution in [2.45, 2.75) is 38.8 Å². The zero-order valence-corrected chi connectivity index (χ0v) is 13.0. The maximum absolute atomic E-state index is 12.1. The molecule has 1 unspecified atom stereocenters. The van der Waals surface area contributed by atoms with Crippen LogP contribution in [-0.2, 0) is 9.59 Å². The number of amides is 4. The third-order valence-electron chi connectivity index (χ3n) is 3.34. The Kier molecular flexibility index (Phi) is 5.50. The Bertz CT molecular complexity index is 584. The molecule has 0 bridgehead atoms. The second-order valence-electron chi connectivity index (χ2n) is 5.66. The number of benzene rings is 1. The molecule has 120 valence electrons. The molecular weight excluding hydrogens is 284 g/mol. The molecule has 0 aromatic heterocycles. The van der Waals surface area contributed by atoms with Crippen molar-refractivity contribution in [1.82, 2.24) is 10.6 Å². The lowest BCUT2D eigenvalue weighted by atomic mass is 9.97. The first-order chi connectivity index (χ1) is 10.1. The molecule has 1 aromatic rings. The Labute approximate surface area is 129 Å². The molecule has 0 spiro atoms. The highest BCUT2D eigenvalue weighted by Crippen LogP contribution is 2.21. The SMILES string of the molecule is Cc1ccccc1C(CC(=O)NC(C)(C)C(N)=O)NC(N)=O. The number of hydrogen-bond acceptors (Lipinski definition) is 3. The highest BCUT2D eigenvalue weighted by Gasteiger charge is 2.28. The van der Waals surface area contributed by atoms with Crippen molar-refractivity contribution >= 4 is 17.8 Å². The van der Waals surface area contributed by atoms with Crippen LogP contribution < -0.4 is 22.1 Å². The van der Waals surface area contributed by atoms with Gasteiger partial charge < -0.3 is 22.1 Å². The van der Waals surface area contributed by atoms with Gasteiger partial charge in [0.1, 0.15) is 5.54 Å². The summed E-state index contributed by atoms with van der Waals surface area (Å²) in [5.74, 6) is -1.05. The number of rotatable bonds is 6. The summed E-state index contributed by atoms with van der Waals surface area (Å²) in [7, 11) is 0. The predicted molar refractivity (Wildman–Crippen MR) is 82.7 cm³/mol. The van der Waals surface area contributed by atoms with Gasteiger partial charge in [-0.15, -0.1) is 0 Å². The van der Waals surface area contributed by atoms with E-state index in [0.717, 1.165) is 11.1 Å². The second kappa shape index (κ2) is 6.93. The fraction of sp³-hybridized carbons (Fsp3) is 0.400. The number of carbonyl (C=O) groups is 3. The third kappa shape index (κ3) is 4.76. The van der Waals surface area contributed by atoms with Gasteiger partial charge in [0, 0.05) is 0 Å². The molecule has 0 saturated carbocycles. The molecule has 6 N–H and O–H groups in total. The van der Waals surface area contributed by atoms with Crippen LogP contribution in [0.3, 0.4) is 0 Å². The molecule has 1 atom stereocenters. The van der Waals surface area contributed by atoms with Gasteiger partial charge in [0.15, 0.2) is 0 Å². The van der Waals surface area contributed by atoms with Crippen LogP contribution in [0.15, 0.2) is 24.3 Å². The summed E-state index contributed by atoms with van der Waals surface area (Å²) in [6.07, 6.45) is -0.0511. The van der Waals surface area contributed by atoms with E-state index in [2.05, 4.69) is 10.6 Å². The molecule has 1 rings (SSSR count). The maximum Gasteiger partial charge on any atom is 0.312 e. The van der Waals surface area contributed by atoms with E-state index in [0.29, 0.717) is 0 Å². The first-order valence-corrected chi connectivity index (χ1v) is 6.86. The van der Waals surface area contributed by atoms with Gasteiger partial charge in [-0.05, 0) is 31.9 Å². The van der Waals surface area contributed by atoms with E-state index in [1.165, 1.54) is 13.8 Å². The Morgan fingerprint density at radius 3 is 2.27 bits per heavy atom. The minimum absolute atomic E-state index is 0.0511. The van der Waals surface area contributed by atoms with Crippen molar-refractivity contribution in [3.63, 3.8) is 0 Å². The summed E-state index contributed by atoms with van der Waals surface area (Å²) < 4.78 is 0. The summed E-state index contributed by atoms with van der Waals surface area (Å²) in [5, 5.41) is 5.09. The molecule has 0 aliphatic heterocycles. The van der Waals surface area contributed by atoms with Crippen LogP contribution in [-0.4, -0.2) is 23.4 Å². The van der Waals surface area contributed by atoms with Crippen LogP contribution in [0.5, 0.6) is 0 Å². The van der Waals surface area contributed by atoms with Gasteiger partial charge in [-0.3, -0.25) is 9.59 Å². The summed E-state index contributed by atoms with van der Waals surface area (Å²) in [6.45, 7) is 4.89. The fourth-order valence-electron chi connectivity index (χ4n) is 2.03. The lowest BCUT2D eigenvalue weighted by molar-refractivity contribution is -0.130. The van der Waals surface area contributed by atoms with E-state index in [1.54, 1.807) is 0 Å². The molecule has 0 saturated heterocycles. The normalized spacial score (nSPS) is 12.3. The van der Waals surface area contributed by atoms with E-state index >= 15 is 0 Å². The highest BCUT2D eigenvalue weighted by atomic mass is 16.2. The van der Waals surface area contributed by atoms with E-state index in [1.807, 2.05) is 31.2 Å². The lowest BCUT2D eigenvalue weighted by Gasteiger charge is -2.25. The first kappa shape index (κ1) is 17.5. The van der Waals surface area contributed by atoms with Gasteiger partial charge in [-0.25, -0.2) is 4.79 Å². The number of nitrogens with one attached hydrogen (secondary N) is 2. The van der Waals surface area contributed by atoms with Crippen molar-refractivity contribution in [1.29, 1.82) is 0 Å². The molecular formula is C15H22N4O3. The number of hydrogen-bond donors (Lipinski definition) is 4. The number of primary amides is 2. The third-order valence-corrected chi connectivity index (χ3v) is 3.34. The monoisotopic (exact) mass is 306 g/mol. The molecule has 7 nitrogen and oxygen atoms in total. The molecule has 0 aliphatic rings. The molecule has 0 radical (unpaired) electrons. The van der Waals surface area contributed by atoms with Gasteiger partial charge in [0.25, 0.3) is 0 Å². The van der Waals surface area contributed by atoms with Gasteiger partial charge in [-0.1, -0.05) is 24.3 Å². The number of aryl methyl sites for hydroxylation is 1. The van der Waals surface area contributed by atoms with Crippen LogP contribution in [0.2, 0.25) is 0 Å². The second-order valence-corrected chi connectivity index (χ2v) is 5.66. The summed E-state index contributed by atoms with van der Waals surface area (Å²) in [6, 6.07) is 6.04.